The first-order valence-corrected chi connectivity index (χ1v) is 13.6. The lowest BCUT2D eigenvalue weighted by molar-refractivity contribution is 0.00678. The number of hydrogen-bond donors (Lipinski definition) is 0. The van der Waals surface area contributed by atoms with Gasteiger partial charge in [0, 0.05) is 23.4 Å². The highest BCUT2D eigenvalue weighted by molar-refractivity contribution is 6.42. The van der Waals surface area contributed by atoms with E-state index in [1.165, 1.54) is 12.1 Å². The number of aromatic nitrogens is 1. The number of halogens is 3. The van der Waals surface area contributed by atoms with Crippen molar-refractivity contribution in [3.63, 3.8) is 0 Å². The minimum absolute atomic E-state index is 0.0574. The van der Waals surface area contributed by atoms with Crippen LogP contribution < -0.4 is 5.43 Å². The van der Waals surface area contributed by atoms with E-state index < -0.39 is 34.9 Å². The molecule has 3 aromatic rings. The van der Waals surface area contributed by atoms with Crippen molar-refractivity contribution < 1.29 is 23.5 Å². The third-order valence-electron chi connectivity index (χ3n) is 6.07. The Balaban J connectivity index is 2.38. The molecular weight excluding hydrogens is 556 g/mol. The number of carbonyl (C=O) groups is 2. The summed E-state index contributed by atoms with van der Waals surface area (Å²) in [5.74, 6) is -2.29. The van der Waals surface area contributed by atoms with Gasteiger partial charge in [-0.15, -0.1) is 0 Å². The maximum atomic E-state index is 15.4. The molecule has 0 saturated carbocycles. The van der Waals surface area contributed by atoms with Crippen molar-refractivity contribution in [1.82, 2.24) is 4.57 Å². The molecule has 0 fully saturated rings. The molecule has 2 aromatic carbocycles. The van der Waals surface area contributed by atoms with Crippen molar-refractivity contribution in [3.05, 3.63) is 91.5 Å². The van der Waals surface area contributed by atoms with Crippen molar-refractivity contribution in [1.29, 1.82) is 0 Å². The fraction of sp³-hybridized carbons (Fsp3) is 0.323. The van der Waals surface area contributed by atoms with Gasteiger partial charge in [0.1, 0.15) is 23.1 Å². The number of hydrogen-bond acceptors (Lipinski definition) is 5. The van der Waals surface area contributed by atoms with E-state index in [1.807, 2.05) is 6.92 Å². The van der Waals surface area contributed by atoms with E-state index in [2.05, 4.69) is 0 Å². The topological polar surface area (TPSA) is 74.6 Å². The predicted octanol–water partition coefficient (Wildman–Crippen LogP) is 8.03. The molecule has 0 aliphatic heterocycles. The summed E-state index contributed by atoms with van der Waals surface area (Å²) in [5, 5.41) is 0.535. The Hall–Kier alpha value is -3.42. The summed E-state index contributed by atoms with van der Waals surface area (Å²) >= 11 is 12.4. The Bertz CT molecular complexity index is 1550. The quantitative estimate of drug-likeness (QED) is 0.206. The zero-order valence-electron chi connectivity index (χ0n) is 23.5. The van der Waals surface area contributed by atoms with Gasteiger partial charge in [-0.1, -0.05) is 35.3 Å². The Morgan fingerprint density at radius 2 is 1.75 bits per heavy atom. The van der Waals surface area contributed by atoms with Crippen LogP contribution in [0.3, 0.4) is 0 Å². The smallest absolute Gasteiger partial charge is 0.344 e. The summed E-state index contributed by atoms with van der Waals surface area (Å²) in [6.45, 7) is 12.3. The molecule has 0 aliphatic carbocycles. The van der Waals surface area contributed by atoms with E-state index in [4.69, 9.17) is 32.7 Å². The van der Waals surface area contributed by atoms with Gasteiger partial charge in [0.2, 0.25) is 5.43 Å². The summed E-state index contributed by atoms with van der Waals surface area (Å²) in [5.41, 5.74) is -0.997. The maximum Gasteiger partial charge on any atom is 0.344 e. The normalized spacial score (nSPS) is 12.4. The molecule has 0 radical (unpaired) electrons. The van der Waals surface area contributed by atoms with Gasteiger partial charge in [-0.25, -0.2) is 14.0 Å². The SMILES string of the molecule is C/C=C/C(C)OC(=O)c1ccc(F)c(-c2c(C)n(CC)c(-c3ccc(Cl)c(Cl)c3)c(C(=O)OC(C)(C)C)c2=O)c1. The third-order valence-corrected chi connectivity index (χ3v) is 6.81. The van der Waals surface area contributed by atoms with Crippen LogP contribution >= 0.6 is 23.2 Å². The zero-order valence-corrected chi connectivity index (χ0v) is 25.0. The summed E-state index contributed by atoms with van der Waals surface area (Å²) in [6.07, 6.45) is 2.94. The Morgan fingerprint density at radius 3 is 2.33 bits per heavy atom. The lowest BCUT2D eigenvalue weighted by Gasteiger charge is -2.25. The summed E-state index contributed by atoms with van der Waals surface area (Å²) in [7, 11) is 0. The molecule has 212 valence electrons. The standard InChI is InChI=1S/C31H32Cl2FNO5/c1-8-10-17(3)39-29(37)20-12-14-24(34)21(15-20)25-18(4)35(9-2)27(19-11-13-22(32)23(33)16-19)26(28(25)36)30(38)40-31(5,6)7/h8,10-17H,9H2,1-7H3/b10-8+. The maximum absolute atomic E-state index is 15.4. The van der Waals surface area contributed by atoms with Crippen molar-refractivity contribution in [2.75, 3.05) is 0 Å². The molecular formula is C31H32Cl2FNO5. The number of allylic oxidation sites excluding steroid dienone is 1. The van der Waals surface area contributed by atoms with Crippen LogP contribution in [-0.2, 0) is 16.0 Å². The Labute approximate surface area is 243 Å². The average molecular weight is 589 g/mol. The second-order valence-corrected chi connectivity index (χ2v) is 11.0. The molecule has 0 bridgehead atoms. The van der Waals surface area contributed by atoms with E-state index in [9.17, 15) is 14.4 Å². The van der Waals surface area contributed by atoms with Crippen LogP contribution in [0.25, 0.3) is 22.4 Å². The Kier molecular flexibility index (Phi) is 9.64. The molecule has 1 heterocycles. The minimum atomic E-state index is -0.918. The van der Waals surface area contributed by atoms with Crippen molar-refractivity contribution in [2.24, 2.45) is 0 Å². The molecule has 3 rings (SSSR count). The second kappa shape index (κ2) is 12.4. The van der Waals surface area contributed by atoms with Crippen molar-refractivity contribution >= 4 is 35.1 Å². The van der Waals surface area contributed by atoms with Crippen LogP contribution in [0, 0.1) is 12.7 Å². The van der Waals surface area contributed by atoms with Gasteiger partial charge >= 0.3 is 11.9 Å². The van der Waals surface area contributed by atoms with Crippen molar-refractivity contribution in [3.8, 4) is 22.4 Å². The number of ether oxygens (including phenoxy) is 2. The molecule has 1 atom stereocenters. The van der Waals surface area contributed by atoms with Gasteiger partial charge in [0.25, 0.3) is 0 Å². The fourth-order valence-corrected chi connectivity index (χ4v) is 4.70. The highest BCUT2D eigenvalue weighted by atomic mass is 35.5. The molecule has 9 heteroatoms. The monoisotopic (exact) mass is 587 g/mol. The summed E-state index contributed by atoms with van der Waals surface area (Å²) < 4.78 is 28.1. The van der Waals surface area contributed by atoms with Gasteiger partial charge < -0.3 is 14.0 Å². The Morgan fingerprint density at radius 1 is 1.07 bits per heavy atom. The molecule has 0 amide bonds. The lowest BCUT2D eigenvalue weighted by Crippen LogP contribution is -2.31. The van der Waals surface area contributed by atoms with E-state index in [1.54, 1.807) is 76.5 Å². The van der Waals surface area contributed by atoms with Crippen LogP contribution in [-0.4, -0.2) is 28.2 Å². The highest BCUT2D eigenvalue weighted by Gasteiger charge is 2.30. The van der Waals surface area contributed by atoms with Gasteiger partial charge in [-0.2, -0.15) is 0 Å². The number of pyridine rings is 1. The van der Waals surface area contributed by atoms with Crippen LogP contribution in [0.15, 0.2) is 53.3 Å². The number of esters is 2. The van der Waals surface area contributed by atoms with E-state index in [0.717, 1.165) is 6.07 Å². The van der Waals surface area contributed by atoms with Crippen molar-refractivity contribution in [2.45, 2.75) is 66.7 Å². The minimum Gasteiger partial charge on any atom is -0.456 e. The van der Waals surface area contributed by atoms with E-state index >= 15 is 4.39 Å². The second-order valence-electron chi connectivity index (χ2n) is 10.2. The number of rotatable bonds is 7. The molecule has 1 unspecified atom stereocenters. The predicted molar refractivity (Wildman–Crippen MR) is 157 cm³/mol. The first kappa shape index (κ1) is 31.1. The summed E-state index contributed by atoms with van der Waals surface area (Å²) in [6, 6.07) is 8.42. The first-order chi connectivity index (χ1) is 18.7. The average Bonchev–Trinajstić information content (AvgIpc) is 2.85. The van der Waals surface area contributed by atoms with Gasteiger partial charge in [0.15, 0.2) is 0 Å². The molecule has 0 spiro atoms. The van der Waals surface area contributed by atoms with Gasteiger partial charge in [-0.3, -0.25) is 4.79 Å². The van der Waals surface area contributed by atoms with Crippen LogP contribution in [0.4, 0.5) is 4.39 Å². The molecule has 6 nitrogen and oxygen atoms in total. The van der Waals surface area contributed by atoms with Gasteiger partial charge in [0.05, 0.1) is 26.9 Å². The number of benzene rings is 2. The first-order valence-electron chi connectivity index (χ1n) is 12.8. The van der Waals surface area contributed by atoms with Crippen LogP contribution in [0.2, 0.25) is 10.0 Å². The van der Waals surface area contributed by atoms with Gasteiger partial charge in [-0.05, 0) is 84.9 Å². The highest BCUT2D eigenvalue weighted by Crippen LogP contribution is 2.34. The lowest BCUT2D eigenvalue weighted by atomic mass is 9.94. The molecule has 0 aliphatic rings. The number of nitrogens with zero attached hydrogens (tertiary/aromatic N) is 1. The van der Waals surface area contributed by atoms with E-state index in [-0.39, 0.29) is 33.0 Å². The third kappa shape index (κ3) is 6.65. The molecule has 1 aromatic heterocycles. The fourth-order valence-electron chi connectivity index (χ4n) is 4.40. The van der Waals surface area contributed by atoms with E-state index in [0.29, 0.717) is 22.8 Å². The molecule has 0 N–H and O–H groups in total. The molecule has 40 heavy (non-hydrogen) atoms. The summed E-state index contributed by atoms with van der Waals surface area (Å²) in [4.78, 5) is 40.5. The van der Waals surface area contributed by atoms with Crippen LogP contribution in [0.5, 0.6) is 0 Å². The zero-order chi connectivity index (χ0) is 29.9. The van der Waals surface area contributed by atoms with Crippen LogP contribution in [0.1, 0.15) is 68.0 Å². The number of carbonyl (C=O) groups excluding carboxylic acids is 2. The molecule has 0 saturated heterocycles. The largest absolute Gasteiger partial charge is 0.456 e.